The number of aryl methyl sites for hydroxylation is 1. The van der Waals surface area contributed by atoms with E-state index in [0.717, 1.165) is 5.69 Å². The number of aromatic nitrogens is 4. The van der Waals surface area contributed by atoms with Gasteiger partial charge in [0.25, 0.3) is 5.91 Å². The van der Waals surface area contributed by atoms with Gasteiger partial charge in [-0.2, -0.15) is 0 Å². The molecule has 0 aliphatic carbocycles. The fourth-order valence-corrected chi connectivity index (χ4v) is 4.04. The van der Waals surface area contributed by atoms with Crippen LogP contribution in [0.1, 0.15) is 28.8 Å². The zero-order chi connectivity index (χ0) is 21.7. The average Bonchev–Trinajstić information content (AvgIpc) is 3.31. The van der Waals surface area contributed by atoms with Crippen molar-refractivity contribution in [2.45, 2.75) is 30.8 Å². The molecular weight excluding hydrogens is 424 g/mol. The standard InChI is InChI=1S/C19H22N6O3S2/c1-11-10-29-18(21-11)22-16(26)12(2)30-19-24-23-15(25(19)3)9-20-17(27)13-7-5-6-8-14(13)28-4/h5-8,10,12H,9H2,1-4H3,(H,20,27)(H,21,22,26)/t12-/m1/s1. The van der Waals surface area contributed by atoms with Crippen molar-refractivity contribution in [1.29, 1.82) is 0 Å². The normalized spacial score (nSPS) is 11.7. The summed E-state index contributed by atoms with van der Waals surface area (Å²) < 4.78 is 6.97. The summed E-state index contributed by atoms with van der Waals surface area (Å²) in [6, 6.07) is 6.99. The van der Waals surface area contributed by atoms with E-state index in [1.807, 2.05) is 12.3 Å². The van der Waals surface area contributed by atoms with E-state index in [9.17, 15) is 9.59 Å². The number of thioether (sulfide) groups is 1. The molecule has 0 saturated heterocycles. The van der Waals surface area contributed by atoms with Gasteiger partial charge in [0.2, 0.25) is 5.91 Å². The number of ether oxygens (including phenoxy) is 1. The lowest BCUT2D eigenvalue weighted by molar-refractivity contribution is -0.115. The van der Waals surface area contributed by atoms with E-state index in [2.05, 4.69) is 25.8 Å². The molecule has 1 atom stereocenters. The Bertz CT molecular complexity index is 1050. The van der Waals surface area contributed by atoms with E-state index in [1.165, 1.54) is 30.2 Å². The first-order chi connectivity index (χ1) is 14.4. The summed E-state index contributed by atoms with van der Waals surface area (Å²) in [6.07, 6.45) is 0. The minimum Gasteiger partial charge on any atom is -0.496 e. The molecule has 30 heavy (non-hydrogen) atoms. The molecule has 0 radical (unpaired) electrons. The lowest BCUT2D eigenvalue weighted by Crippen LogP contribution is -2.25. The summed E-state index contributed by atoms with van der Waals surface area (Å²) in [5.41, 5.74) is 1.31. The van der Waals surface area contributed by atoms with Crippen molar-refractivity contribution in [3.8, 4) is 5.75 Å². The summed E-state index contributed by atoms with van der Waals surface area (Å²) in [5, 5.41) is 16.5. The minimum atomic E-state index is -0.395. The van der Waals surface area contributed by atoms with Crippen LogP contribution in [0.3, 0.4) is 0 Å². The third kappa shape index (κ3) is 5.16. The zero-order valence-electron chi connectivity index (χ0n) is 17.0. The molecule has 0 aliphatic heterocycles. The fourth-order valence-electron chi connectivity index (χ4n) is 2.52. The predicted octanol–water partition coefficient (Wildman–Crippen LogP) is 2.64. The van der Waals surface area contributed by atoms with Gasteiger partial charge in [-0.05, 0) is 26.0 Å². The fraction of sp³-hybridized carbons (Fsp3) is 0.316. The number of hydrogen-bond donors (Lipinski definition) is 2. The Hall–Kier alpha value is -2.92. The van der Waals surface area contributed by atoms with Crippen LogP contribution in [-0.4, -0.2) is 43.9 Å². The van der Waals surface area contributed by atoms with Gasteiger partial charge in [0, 0.05) is 12.4 Å². The molecule has 3 rings (SSSR count). The molecule has 1 aromatic carbocycles. The van der Waals surface area contributed by atoms with Gasteiger partial charge in [-0.25, -0.2) is 4.98 Å². The first kappa shape index (κ1) is 21.8. The Morgan fingerprint density at radius 3 is 2.77 bits per heavy atom. The zero-order valence-corrected chi connectivity index (χ0v) is 18.6. The van der Waals surface area contributed by atoms with Crippen LogP contribution in [0.15, 0.2) is 34.8 Å². The molecule has 158 valence electrons. The highest BCUT2D eigenvalue weighted by Crippen LogP contribution is 2.24. The summed E-state index contributed by atoms with van der Waals surface area (Å²) in [4.78, 5) is 29.1. The third-order valence-corrected chi connectivity index (χ3v) is 6.19. The van der Waals surface area contributed by atoms with Crippen molar-refractivity contribution in [3.05, 3.63) is 46.7 Å². The van der Waals surface area contributed by atoms with Crippen LogP contribution in [0.2, 0.25) is 0 Å². The molecule has 0 unspecified atom stereocenters. The maximum absolute atomic E-state index is 12.4. The van der Waals surface area contributed by atoms with Crippen LogP contribution in [0.25, 0.3) is 0 Å². The molecule has 9 nitrogen and oxygen atoms in total. The van der Waals surface area contributed by atoms with Gasteiger partial charge >= 0.3 is 0 Å². The van der Waals surface area contributed by atoms with Crippen LogP contribution >= 0.6 is 23.1 Å². The lowest BCUT2D eigenvalue weighted by Gasteiger charge is -2.11. The molecule has 0 bridgehead atoms. The maximum atomic E-state index is 12.4. The van der Waals surface area contributed by atoms with Gasteiger partial charge in [-0.15, -0.1) is 21.5 Å². The van der Waals surface area contributed by atoms with Crippen LogP contribution in [0, 0.1) is 6.92 Å². The van der Waals surface area contributed by atoms with Gasteiger partial charge in [-0.3, -0.25) is 9.59 Å². The van der Waals surface area contributed by atoms with Crippen molar-refractivity contribution in [1.82, 2.24) is 25.1 Å². The number of carbonyl (C=O) groups is 2. The highest BCUT2D eigenvalue weighted by atomic mass is 32.2. The van der Waals surface area contributed by atoms with Crippen molar-refractivity contribution < 1.29 is 14.3 Å². The van der Waals surface area contributed by atoms with E-state index >= 15 is 0 Å². The van der Waals surface area contributed by atoms with Crippen LogP contribution in [0.5, 0.6) is 5.75 Å². The quantitative estimate of drug-likeness (QED) is 0.512. The number of rotatable bonds is 8. The van der Waals surface area contributed by atoms with Gasteiger partial charge in [0.15, 0.2) is 16.1 Å². The number of carbonyl (C=O) groups excluding carboxylic acids is 2. The van der Waals surface area contributed by atoms with Crippen molar-refractivity contribution >= 4 is 40.0 Å². The Balaban J connectivity index is 1.58. The lowest BCUT2D eigenvalue weighted by atomic mass is 10.2. The van der Waals surface area contributed by atoms with E-state index in [4.69, 9.17) is 4.74 Å². The number of nitrogens with one attached hydrogen (secondary N) is 2. The Labute approximate surface area is 182 Å². The van der Waals surface area contributed by atoms with Gasteiger partial charge < -0.3 is 19.9 Å². The van der Waals surface area contributed by atoms with Gasteiger partial charge in [-0.1, -0.05) is 23.9 Å². The number of nitrogens with zero attached hydrogens (tertiary/aromatic N) is 4. The monoisotopic (exact) mass is 446 g/mol. The number of amides is 2. The van der Waals surface area contributed by atoms with Crippen molar-refractivity contribution in [2.75, 3.05) is 12.4 Å². The Morgan fingerprint density at radius 1 is 1.30 bits per heavy atom. The molecule has 2 heterocycles. The number of methoxy groups -OCH3 is 1. The molecule has 2 N–H and O–H groups in total. The highest BCUT2D eigenvalue weighted by Gasteiger charge is 2.20. The van der Waals surface area contributed by atoms with Crippen LogP contribution in [-0.2, 0) is 18.4 Å². The third-order valence-electron chi connectivity index (χ3n) is 4.18. The van der Waals surface area contributed by atoms with Crippen molar-refractivity contribution in [2.24, 2.45) is 7.05 Å². The van der Waals surface area contributed by atoms with E-state index in [-0.39, 0.29) is 18.4 Å². The predicted molar refractivity (Wildman–Crippen MR) is 116 cm³/mol. The van der Waals surface area contributed by atoms with Gasteiger partial charge in [0.05, 0.1) is 30.2 Å². The van der Waals surface area contributed by atoms with Crippen LogP contribution in [0.4, 0.5) is 5.13 Å². The molecule has 0 aliphatic rings. The second-order valence-electron chi connectivity index (χ2n) is 6.38. The molecule has 11 heteroatoms. The number of para-hydroxylation sites is 1. The number of anilines is 1. The SMILES string of the molecule is COc1ccccc1C(=O)NCc1nnc(S[C@H](C)C(=O)Nc2nc(C)cs2)n1C. The highest BCUT2D eigenvalue weighted by molar-refractivity contribution is 8.00. The molecule has 2 amide bonds. The number of hydrogen-bond acceptors (Lipinski definition) is 8. The van der Waals surface area contributed by atoms with Crippen LogP contribution < -0.4 is 15.4 Å². The summed E-state index contributed by atoms with van der Waals surface area (Å²) in [5.74, 6) is 0.642. The van der Waals surface area contributed by atoms with E-state index in [0.29, 0.717) is 27.4 Å². The van der Waals surface area contributed by atoms with E-state index < -0.39 is 5.25 Å². The molecule has 2 aromatic heterocycles. The topological polar surface area (TPSA) is 111 Å². The Kier molecular flexibility index (Phi) is 7.06. The molecule has 3 aromatic rings. The van der Waals surface area contributed by atoms with Crippen molar-refractivity contribution in [3.63, 3.8) is 0 Å². The molecule has 0 fully saturated rings. The molecule has 0 spiro atoms. The second kappa shape index (κ2) is 9.72. The second-order valence-corrected chi connectivity index (χ2v) is 8.55. The summed E-state index contributed by atoms with van der Waals surface area (Å²) in [6.45, 7) is 3.86. The number of benzene rings is 1. The minimum absolute atomic E-state index is 0.164. The first-order valence-electron chi connectivity index (χ1n) is 9.08. The number of thiazole rings is 1. The van der Waals surface area contributed by atoms with E-state index in [1.54, 1.807) is 42.8 Å². The molecule has 0 saturated carbocycles. The first-order valence-corrected chi connectivity index (χ1v) is 10.8. The van der Waals surface area contributed by atoms with Gasteiger partial charge in [0.1, 0.15) is 5.75 Å². The Morgan fingerprint density at radius 2 is 2.07 bits per heavy atom. The smallest absolute Gasteiger partial charge is 0.255 e. The largest absolute Gasteiger partial charge is 0.496 e. The summed E-state index contributed by atoms with van der Waals surface area (Å²) >= 11 is 2.67. The maximum Gasteiger partial charge on any atom is 0.255 e. The average molecular weight is 447 g/mol. The molecular formula is C19H22N6O3S2. The summed E-state index contributed by atoms with van der Waals surface area (Å²) in [7, 11) is 3.31.